The summed E-state index contributed by atoms with van der Waals surface area (Å²) in [5.41, 5.74) is 0. The molecule has 60 valence electrons. The van der Waals surface area contributed by atoms with Gasteiger partial charge in [0.25, 0.3) is 0 Å². The lowest BCUT2D eigenvalue weighted by Crippen LogP contribution is -2.29. The fraction of sp³-hybridized carbons (Fsp3) is 1.00. The van der Waals surface area contributed by atoms with Gasteiger partial charge in [0.1, 0.15) is 0 Å². The van der Waals surface area contributed by atoms with Gasteiger partial charge >= 0.3 is 5.25 Å². The molecule has 0 nitrogen and oxygen atoms in total. The van der Waals surface area contributed by atoms with Gasteiger partial charge in [-0.3, -0.25) is 0 Å². The van der Waals surface area contributed by atoms with E-state index in [1.807, 2.05) is 0 Å². The highest BCUT2D eigenvalue weighted by Gasteiger charge is 2.58. The molecule has 1 heterocycles. The van der Waals surface area contributed by atoms with Crippen LogP contribution in [0.1, 0.15) is 13.3 Å². The monoisotopic (exact) mass is 206 g/mol. The minimum absolute atomic E-state index is 0.147. The molecule has 0 saturated carbocycles. The molecule has 5 heteroatoms. The highest BCUT2D eigenvalue weighted by molar-refractivity contribution is 8.01. The minimum Gasteiger partial charge on any atom is -0.191 e. The Morgan fingerprint density at radius 1 is 1.50 bits per heavy atom. The predicted molar refractivity (Wildman–Crippen MR) is 41.1 cm³/mol. The molecule has 0 aliphatic carbocycles. The number of thioether (sulfide) groups is 1. The molecule has 0 spiro atoms. The van der Waals surface area contributed by atoms with Crippen molar-refractivity contribution in [3.63, 3.8) is 0 Å². The Morgan fingerprint density at radius 2 is 2.00 bits per heavy atom. The summed E-state index contributed by atoms with van der Waals surface area (Å²) in [6.07, 6.45) is 0.147. The average molecular weight is 207 g/mol. The summed E-state index contributed by atoms with van der Waals surface area (Å²) in [5.74, 6) is 0. The molecule has 0 aromatic carbocycles. The Balaban J connectivity index is 2.78. The number of hydrogen-bond donors (Lipinski definition) is 0. The molecule has 0 amide bonds. The second-order valence-electron chi connectivity index (χ2n) is 2.35. The lowest BCUT2D eigenvalue weighted by molar-refractivity contribution is 0.0931. The highest BCUT2D eigenvalue weighted by atomic mass is 35.5. The number of halogens is 4. The standard InChI is InChI=1S/C5H6Cl2F2S/c1-3-2-4(6,7)5(8,9)10-3/h3H,2H2,1H3. The molecule has 1 rings (SSSR count). The Morgan fingerprint density at radius 3 is 2.10 bits per heavy atom. The summed E-state index contributed by atoms with van der Waals surface area (Å²) in [6, 6.07) is 0. The number of alkyl halides is 4. The van der Waals surface area contributed by atoms with E-state index < -0.39 is 9.59 Å². The number of rotatable bonds is 0. The largest absolute Gasteiger partial charge is 0.326 e. The van der Waals surface area contributed by atoms with Crippen molar-refractivity contribution in [2.24, 2.45) is 0 Å². The Bertz CT molecular complexity index is 133. The predicted octanol–water partition coefficient (Wildman–Crippen LogP) is 3.28. The average Bonchev–Trinajstić information content (AvgIpc) is 1.73. The first-order valence-corrected chi connectivity index (χ1v) is 4.42. The van der Waals surface area contributed by atoms with Crippen molar-refractivity contribution in [2.45, 2.75) is 28.2 Å². The van der Waals surface area contributed by atoms with Crippen molar-refractivity contribution in [3.05, 3.63) is 0 Å². The first kappa shape index (κ1) is 8.88. The molecule has 1 aliphatic rings. The highest BCUT2D eigenvalue weighted by Crippen LogP contribution is 2.57. The summed E-state index contributed by atoms with van der Waals surface area (Å²) < 4.78 is 23.5. The maximum Gasteiger partial charge on any atom is 0.326 e. The second-order valence-corrected chi connectivity index (χ2v) is 5.39. The molecule has 1 unspecified atom stereocenters. The van der Waals surface area contributed by atoms with Gasteiger partial charge < -0.3 is 0 Å². The SMILES string of the molecule is CC1CC(Cl)(Cl)C(F)(F)S1. The molecule has 0 bridgehead atoms. The molecule has 0 N–H and O–H groups in total. The molecule has 1 saturated heterocycles. The van der Waals surface area contributed by atoms with Crippen molar-refractivity contribution in [1.29, 1.82) is 0 Å². The third kappa shape index (κ3) is 1.36. The number of hydrogen-bond acceptors (Lipinski definition) is 1. The van der Waals surface area contributed by atoms with Crippen LogP contribution in [0.25, 0.3) is 0 Å². The molecule has 1 aliphatic heterocycles. The molecular weight excluding hydrogens is 201 g/mol. The van der Waals surface area contributed by atoms with Gasteiger partial charge in [-0.2, -0.15) is 8.78 Å². The zero-order valence-corrected chi connectivity index (χ0v) is 7.53. The van der Waals surface area contributed by atoms with E-state index >= 15 is 0 Å². The maximum absolute atomic E-state index is 12.7. The van der Waals surface area contributed by atoms with Crippen LogP contribution in [0.2, 0.25) is 0 Å². The van der Waals surface area contributed by atoms with Gasteiger partial charge in [-0.1, -0.05) is 41.9 Å². The summed E-state index contributed by atoms with van der Waals surface area (Å²) in [5, 5.41) is -3.15. The van der Waals surface area contributed by atoms with E-state index in [0.717, 1.165) is 0 Å². The van der Waals surface area contributed by atoms with E-state index in [0.29, 0.717) is 11.8 Å². The first-order chi connectivity index (χ1) is 4.35. The van der Waals surface area contributed by atoms with Gasteiger partial charge in [0.2, 0.25) is 0 Å². The van der Waals surface area contributed by atoms with E-state index in [9.17, 15) is 8.78 Å². The van der Waals surface area contributed by atoms with Crippen LogP contribution in [0.15, 0.2) is 0 Å². The molecule has 1 fully saturated rings. The smallest absolute Gasteiger partial charge is 0.191 e. The Kier molecular flexibility index (Phi) is 2.12. The van der Waals surface area contributed by atoms with Crippen LogP contribution >= 0.6 is 35.0 Å². The molecule has 0 aromatic heterocycles. The van der Waals surface area contributed by atoms with Crippen LogP contribution in [-0.2, 0) is 0 Å². The van der Waals surface area contributed by atoms with Gasteiger partial charge in [-0.25, -0.2) is 0 Å². The van der Waals surface area contributed by atoms with Crippen LogP contribution in [0, 0.1) is 0 Å². The van der Waals surface area contributed by atoms with Crippen LogP contribution in [-0.4, -0.2) is 14.8 Å². The fourth-order valence-electron chi connectivity index (χ4n) is 0.860. The van der Waals surface area contributed by atoms with Crippen LogP contribution < -0.4 is 0 Å². The van der Waals surface area contributed by atoms with E-state index in [1.165, 1.54) is 0 Å². The van der Waals surface area contributed by atoms with E-state index in [4.69, 9.17) is 23.2 Å². The fourth-order valence-corrected chi connectivity index (χ4v) is 2.87. The van der Waals surface area contributed by atoms with E-state index in [-0.39, 0.29) is 11.7 Å². The minimum atomic E-state index is -2.99. The Hall–Kier alpha value is 0.790. The van der Waals surface area contributed by atoms with Crippen molar-refractivity contribution < 1.29 is 8.78 Å². The first-order valence-electron chi connectivity index (χ1n) is 2.78. The quantitative estimate of drug-likeness (QED) is 0.549. The van der Waals surface area contributed by atoms with Gasteiger partial charge in [0, 0.05) is 5.25 Å². The lowest BCUT2D eigenvalue weighted by Gasteiger charge is -2.19. The van der Waals surface area contributed by atoms with Crippen LogP contribution in [0.4, 0.5) is 8.78 Å². The van der Waals surface area contributed by atoms with E-state index in [1.54, 1.807) is 6.92 Å². The van der Waals surface area contributed by atoms with E-state index in [2.05, 4.69) is 0 Å². The normalized spacial score (nSPS) is 36.3. The molecule has 1 atom stereocenters. The molecule has 0 radical (unpaired) electrons. The zero-order chi connectivity index (χ0) is 7.99. The topological polar surface area (TPSA) is 0 Å². The molecular formula is C5H6Cl2F2S. The summed E-state index contributed by atoms with van der Waals surface area (Å²) in [6.45, 7) is 1.69. The van der Waals surface area contributed by atoms with Crippen LogP contribution in [0.5, 0.6) is 0 Å². The summed E-state index contributed by atoms with van der Waals surface area (Å²) >= 11 is 11.2. The van der Waals surface area contributed by atoms with Crippen molar-refractivity contribution in [2.75, 3.05) is 0 Å². The van der Waals surface area contributed by atoms with Gasteiger partial charge in [0.05, 0.1) is 0 Å². The lowest BCUT2D eigenvalue weighted by atomic mass is 10.2. The Labute approximate surface area is 72.3 Å². The second kappa shape index (κ2) is 2.39. The van der Waals surface area contributed by atoms with Gasteiger partial charge in [0.15, 0.2) is 4.33 Å². The zero-order valence-electron chi connectivity index (χ0n) is 5.20. The summed E-state index contributed by atoms with van der Waals surface area (Å²) in [4.78, 5) is 0. The van der Waals surface area contributed by atoms with Gasteiger partial charge in [-0.15, -0.1) is 0 Å². The van der Waals surface area contributed by atoms with Crippen LogP contribution in [0.3, 0.4) is 0 Å². The third-order valence-electron chi connectivity index (χ3n) is 1.32. The third-order valence-corrected chi connectivity index (χ3v) is 3.54. The van der Waals surface area contributed by atoms with Crippen molar-refractivity contribution >= 4 is 35.0 Å². The maximum atomic E-state index is 12.7. The van der Waals surface area contributed by atoms with Crippen molar-refractivity contribution in [3.8, 4) is 0 Å². The van der Waals surface area contributed by atoms with Gasteiger partial charge in [-0.05, 0) is 6.42 Å². The molecule has 0 aromatic rings. The van der Waals surface area contributed by atoms with Crippen molar-refractivity contribution in [1.82, 2.24) is 0 Å². The summed E-state index contributed by atoms with van der Waals surface area (Å²) in [7, 11) is 0. The molecule has 10 heavy (non-hydrogen) atoms.